The van der Waals surface area contributed by atoms with Gasteiger partial charge in [0.05, 0.1) is 5.92 Å². The van der Waals surface area contributed by atoms with Crippen molar-refractivity contribution in [2.75, 3.05) is 19.6 Å². The number of nitrogens with one attached hydrogen (secondary N) is 1. The van der Waals surface area contributed by atoms with Crippen molar-refractivity contribution in [3.63, 3.8) is 0 Å². The van der Waals surface area contributed by atoms with Crippen LogP contribution in [0.3, 0.4) is 0 Å². The summed E-state index contributed by atoms with van der Waals surface area (Å²) in [7, 11) is 0. The van der Waals surface area contributed by atoms with Crippen LogP contribution in [0.1, 0.15) is 51.9 Å². The van der Waals surface area contributed by atoms with Crippen LogP contribution < -0.4 is 5.32 Å². The third-order valence-corrected chi connectivity index (χ3v) is 4.60. The third-order valence-electron chi connectivity index (χ3n) is 4.60. The second-order valence-corrected chi connectivity index (χ2v) is 6.17. The molecule has 0 amide bonds. The summed E-state index contributed by atoms with van der Waals surface area (Å²) >= 11 is 0. The quantitative estimate of drug-likeness (QED) is 0.801. The SMILES string of the molecule is CCCNC1CC(C(=O)O)CN(C2CCCCC2)C1. The lowest BCUT2D eigenvalue weighted by atomic mass is 9.88. The van der Waals surface area contributed by atoms with Gasteiger partial charge in [-0.25, -0.2) is 0 Å². The number of hydrogen-bond acceptors (Lipinski definition) is 3. The minimum Gasteiger partial charge on any atom is -0.481 e. The molecule has 2 N–H and O–H groups in total. The average molecular weight is 268 g/mol. The summed E-state index contributed by atoms with van der Waals surface area (Å²) in [5.74, 6) is -0.811. The summed E-state index contributed by atoms with van der Waals surface area (Å²) in [4.78, 5) is 13.8. The Morgan fingerprint density at radius 2 is 2.00 bits per heavy atom. The summed E-state index contributed by atoms with van der Waals surface area (Å²) in [6.45, 7) is 4.94. The van der Waals surface area contributed by atoms with E-state index in [4.69, 9.17) is 0 Å². The van der Waals surface area contributed by atoms with Gasteiger partial charge >= 0.3 is 5.97 Å². The molecule has 2 atom stereocenters. The Bertz CT molecular complexity index is 290. The summed E-state index contributed by atoms with van der Waals surface area (Å²) in [6, 6.07) is 0.985. The first-order valence-electron chi connectivity index (χ1n) is 7.91. The molecule has 1 aliphatic carbocycles. The van der Waals surface area contributed by atoms with Gasteiger partial charge in [-0.1, -0.05) is 26.2 Å². The van der Waals surface area contributed by atoms with E-state index in [1.165, 1.54) is 32.1 Å². The van der Waals surface area contributed by atoms with Crippen LogP contribution in [0.25, 0.3) is 0 Å². The number of carbonyl (C=O) groups is 1. The molecule has 2 fully saturated rings. The molecule has 1 saturated heterocycles. The van der Waals surface area contributed by atoms with Crippen LogP contribution in [0.5, 0.6) is 0 Å². The van der Waals surface area contributed by atoms with E-state index in [0.717, 1.165) is 32.5 Å². The molecule has 1 heterocycles. The van der Waals surface area contributed by atoms with Crippen LogP contribution in [0.4, 0.5) is 0 Å². The van der Waals surface area contributed by atoms with Crippen LogP contribution >= 0.6 is 0 Å². The summed E-state index contributed by atoms with van der Waals surface area (Å²) in [5, 5.41) is 12.9. The molecule has 0 aromatic heterocycles. The Labute approximate surface area is 116 Å². The molecule has 0 aromatic rings. The predicted molar refractivity (Wildman–Crippen MR) is 76.3 cm³/mol. The first kappa shape index (κ1) is 14.8. The summed E-state index contributed by atoms with van der Waals surface area (Å²) in [5.41, 5.74) is 0. The van der Waals surface area contributed by atoms with Gasteiger partial charge in [0.2, 0.25) is 0 Å². The van der Waals surface area contributed by atoms with Crippen molar-refractivity contribution in [2.24, 2.45) is 5.92 Å². The van der Waals surface area contributed by atoms with E-state index >= 15 is 0 Å². The van der Waals surface area contributed by atoms with Gasteiger partial charge in [-0.05, 0) is 32.2 Å². The number of rotatable bonds is 5. The van der Waals surface area contributed by atoms with E-state index in [2.05, 4.69) is 17.1 Å². The lowest BCUT2D eigenvalue weighted by Crippen LogP contribution is -2.54. The van der Waals surface area contributed by atoms with Crippen molar-refractivity contribution in [3.8, 4) is 0 Å². The number of nitrogens with zero attached hydrogens (tertiary/aromatic N) is 1. The lowest BCUT2D eigenvalue weighted by Gasteiger charge is -2.42. The topological polar surface area (TPSA) is 52.6 Å². The molecule has 2 rings (SSSR count). The van der Waals surface area contributed by atoms with Gasteiger partial charge in [0.25, 0.3) is 0 Å². The molecular weight excluding hydrogens is 240 g/mol. The van der Waals surface area contributed by atoms with Gasteiger partial charge in [0.1, 0.15) is 0 Å². The highest BCUT2D eigenvalue weighted by molar-refractivity contribution is 5.70. The van der Waals surface area contributed by atoms with E-state index in [0.29, 0.717) is 12.1 Å². The van der Waals surface area contributed by atoms with Crippen molar-refractivity contribution in [1.29, 1.82) is 0 Å². The Morgan fingerprint density at radius 3 is 2.63 bits per heavy atom. The van der Waals surface area contributed by atoms with Gasteiger partial charge in [-0.2, -0.15) is 0 Å². The molecule has 4 nitrogen and oxygen atoms in total. The van der Waals surface area contributed by atoms with Crippen molar-refractivity contribution in [1.82, 2.24) is 10.2 Å². The molecule has 110 valence electrons. The van der Waals surface area contributed by atoms with Crippen molar-refractivity contribution in [3.05, 3.63) is 0 Å². The van der Waals surface area contributed by atoms with Gasteiger partial charge in [-0.3, -0.25) is 9.69 Å². The maximum absolute atomic E-state index is 11.3. The van der Waals surface area contributed by atoms with Crippen LogP contribution in [-0.2, 0) is 4.79 Å². The highest BCUT2D eigenvalue weighted by Gasteiger charge is 2.34. The molecule has 1 saturated carbocycles. The summed E-state index contributed by atoms with van der Waals surface area (Å²) < 4.78 is 0. The highest BCUT2D eigenvalue weighted by Crippen LogP contribution is 2.27. The first-order valence-corrected chi connectivity index (χ1v) is 7.91. The molecule has 1 aliphatic heterocycles. The second-order valence-electron chi connectivity index (χ2n) is 6.17. The predicted octanol–water partition coefficient (Wildman–Crippen LogP) is 2.09. The molecule has 4 heteroatoms. The fraction of sp³-hybridized carbons (Fsp3) is 0.933. The maximum Gasteiger partial charge on any atom is 0.307 e. The van der Waals surface area contributed by atoms with E-state index in [-0.39, 0.29) is 5.92 Å². The molecular formula is C15H28N2O2. The number of hydrogen-bond donors (Lipinski definition) is 2. The fourth-order valence-corrected chi connectivity index (χ4v) is 3.55. The second kappa shape index (κ2) is 7.25. The third kappa shape index (κ3) is 4.18. The average Bonchev–Trinajstić information content (AvgIpc) is 2.45. The van der Waals surface area contributed by atoms with Crippen molar-refractivity contribution < 1.29 is 9.90 Å². The van der Waals surface area contributed by atoms with E-state index < -0.39 is 5.97 Å². The summed E-state index contributed by atoms with van der Waals surface area (Å²) in [6.07, 6.45) is 8.39. The minimum absolute atomic E-state index is 0.190. The molecule has 0 aromatic carbocycles. The fourth-order valence-electron chi connectivity index (χ4n) is 3.55. The normalized spacial score (nSPS) is 30.4. The molecule has 0 radical (unpaired) electrons. The smallest absolute Gasteiger partial charge is 0.307 e. The van der Waals surface area contributed by atoms with Crippen LogP contribution in [0.2, 0.25) is 0 Å². The van der Waals surface area contributed by atoms with Gasteiger partial charge in [0, 0.05) is 25.2 Å². The Morgan fingerprint density at radius 1 is 1.26 bits per heavy atom. The van der Waals surface area contributed by atoms with Gasteiger partial charge < -0.3 is 10.4 Å². The molecule has 2 unspecified atom stereocenters. The van der Waals surface area contributed by atoms with Crippen molar-refractivity contribution in [2.45, 2.75) is 64.0 Å². The number of piperidine rings is 1. The van der Waals surface area contributed by atoms with Gasteiger partial charge in [0.15, 0.2) is 0 Å². The zero-order chi connectivity index (χ0) is 13.7. The lowest BCUT2D eigenvalue weighted by molar-refractivity contribution is -0.144. The van der Waals surface area contributed by atoms with Crippen LogP contribution in [0.15, 0.2) is 0 Å². The first-order chi connectivity index (χ1) is 9.20. The zero-order valence-corrected chi connectivity index (χ0v) is 12.1. The standard InChI is InChI=1S/C15H28N2O2/c1-2-8-16-13-9-12(15(18)19)10-17(11-13)14-6-4-3-5-7-14/h12-14,16H,2-11H2,1H3,(H,18,19). The van der Waals surface area contributed by atoms with E-state index in [9.17, 15) is 9.90 Å². The molecule has 0 spiro atoms. The Kier molecular flexibility index (Phi) is 5.64. The van der Waals surface area contributed by atoms with Gasteiger partial charge in [-0.15, -0.1) is 0 Å². The molecule has 19 heavy (non-hydrogen) atoms. The number of aliphatic carboxylic acids is 1. The Balaban J connectivity index is 1.94. The van der Waals surface area contributed by atoms with Crippen molar-refractivity contribution >= 4 is 5.97 Å². The Hall–Kier alpha value is -0.610. The van der Waals surface area contributed by atoms with E-state index in [1.807, 2.05) is 0 Å². The number of carboxylic acid groups (broad SMARTS) is 1. The zero-order valence-electron chi connectivity index (χ0n) is 12.1. The van der Waals surface area contributed by atoms with Crippen LogP contribution in [0, 0.1) is 5.92 Å². The van der Waals surface area contributed by atoms with E-state index in [1.54, 1.807) is 0 Å². The monoisotopic (exact) mass is 268 g/mol. The largest absolute Gasteiger partial charge is 0.481 e. The maximum atomic E-state index is 11.3. The highest BCUT2D eigenvalue weighted by atomic mass is 16.4. The minimum atomic E-state index is -0.621. The molecule has 0 bridgehead atoms. The molecule has 2 aliphatic rings. The van der Waals surface area contributed by atoms with Crippen LogP contribution in [-0.4, -0.2) is 47.7 Å². The number of carboxylic acids is 1. The number of likely N-dealkylation sites (tertiary alicyclic amines) is 1.